The zero-order chi connectivity index (χ0) is 16.3. The average molecular weight is 321 g/mol. The largest absolute Gasteiger partial charge is 0.478 e. The molecule has 0 aromatic heterocycles. The van der Waals surface area contributed by atoms with E-state index in [0.717, 1.165) is 18.2 Å². The molecule has 8 heteroatoms. The van der Waals surface area contributed by atoms with E-state index in [0.29, 0.717) is 5.56 Å². The Balaban J connectivity index is 2.50. The fourth-order valence-corrected chi connectivity index (χ4v) is 3.27. The van der Waals surface area contributed by atoms with Gasteiger partial charge in [0.05, 0.1) is 21.1 Å². The molecule has 0 aliphatic heterocycles. The minimum Gasteiger partial charge on any atom is -0.478 e. The number of non-ortho nitro benzene ring substituents is 1. The van der Waals surface area contributed by atoms with Crippen molar-refractivity contribution in [3.8, 4) is 0 Å². The van der Waals surface area contributed by atoms with Crippen molar-refractivity contribution >= 4 is 21.5 Å². The van der Waals surface area contributed by atoms with E-state index >= 15 is 0 Å². The zero-order valence-corrected chi connectivity index (χ0v) is 12.0. The maximum Gasteiger partial charge on any atom is 0.335 e. The summed E-state index contributed by atoms with van der Waals surface area (Å²) in [6.07, 6.45) is 0. The molecular formula is C14H11NO6S. The molecule has 0 bridgehead atoms. The molecule has 0 fully saturated rings. The molecule has 2 aromatic rings. The molecule has 7 nitrogen and oxygen atoms in total. The molecule has 0 aliphatic carbocycles. The zero-order valence-electron chi connectivity index (χ0n) is 11.2. The quantitative estimate of drug-likeness (QED) is 0.667. The Kier molecular flexibility index (Phi) is 4.22. The minimum atomic E-state index is -3.89. The Hall–Kier alpha value is -2.74. The van der Waals surface area contributed by atoms with Crippen LogP contribution >= 0.6 is 0 Å². The first-order chi connectivity index (χ1) is 10.3. The van der Waals surface area contributed by atoms with Crippen LogP contribution in [0.4, 0.5) is 5.69 Å². The molecule has 0 unspecified atom stereocenters. The Morgan fingerprint density at radius 2 is 1.77 bits per heavy atom. The Labute approximate surface area is 125 Å². The summed E-state index contributed by atoms with van der Waals surface area (Å²) in [5, 5.41) is 19.8. The lowest BCUT2D eigenvalue weighted by Gasteiger charge is -2.06. The number of carbonyl (C=O) groups is 1. The number of nitro benzene ring substituents is 1. The SMILES string of the molecule is O=C(O)c1cc([N+](=O)[O-])cc(S(=O)(=O)Cc2ccccc2)c1. The maximum atomic E-state index is 12.3. The first kappa shape index (κ1) is 15.6. The van der Waals surface area contributed by atoms with Crippen LogP contribution in [0.2, 0.25) is 0 Å². The van der Waals surface area contributed by atoms with Gasteiger partial charge in [-0.05, 0) is 11.6 Å². The van der Waals surface area contributed by atoms with Crippen molar-refractivity contribution in [2.75, 3.05) is 0 Å². The number of rotatable bonds is 5. The van der Waals surface area contributed by atoms with Gasteiger partial charge >= 0.3 is 5.97 Å². The van der Waals surface area contributed by atoms with Crippen LogP contribution < -0.4 is 0 Å². The number of benzene rings is 2. The summed E-state index contributed by atoms with van der Waals surface area (Å²) >= 11 is 0. The van der Waals surface area contributed by atoms with Crippen molar-refractivity contribution in [3.05, 3.63) is 69.8 Å². The Morgan fingerprint density at radius 1 is 1.14 bits per heavy atom. The first-order valence-corrected chi connectivity index (χ1v) is 7.74. The predicted octanol–water partition coefficient (Wildman–Crippen LogP) is 2.27. The summed E-state index contributed by atoms with van der Waals surface area (Å²) < 4.78 is 24.7. The van der Waals surface area contributed by atoms with E-state index < -0.39 is 32.0 Å². The number of aromatic carboxylic acids is 1. The van der Waals surface area contributed by atoms with Crippen LogP contribution in [0.3, 0.4) is 0 Å². The van der Waals surface area contributed by atoms with E-state index in [1.165, 1.54) is 0 Å². The Morgan fingerprint density at radius 3 is 2.32 bits per heavy atom. The van der Waals surface area contributed by atoms with Gasteiger partial charge in [-0.25, -0.2) is 13.2 Å². The predicted molar refractivity (Wildman–Crippen MR) is 77.4 cm³/mol. The third-order valence-corrected chi connectivity index (χ3v) is 4.57. The van der Waals surface area contributed by atoms with Crippen LogP contribution in [0, 0.1) is 10.1 Å². The average Bonchev–Trinajstić information content (AvgIpc) is 2.47. The lowest BCUT2D eigenvalue weighted by molar-refractivity contribution is -0.385. The van der Waals surface area contributed by atoms with E-state index in [1.54, 1.807) is 30.3 Å². The summed E-state index contributed by atoms with van der Waals surface area (Å²) in [6.45, 7) is 0. The molecule has 2 rings (SSSR count). The number of carboxylic acid groups (broad SMARTS) is 1. The van der Waals surface area contributed by atoms with Gasteiger partial charge in [0.25, 0.3) is 5.69 Å². The molecule has 0 saturated carbocycles. The van der Waals surface area contributed by atoms with Gasteiger partial charge in [-0.3, -0.25) is 10.1 Å². The molecule has 0 amide bonds. The van der Waals surface area contributed by atoms with E-state index in [2.05, 4.69) is 0 Å². The summed E-state index contributed by atoms with van der Waals surface area (Å²) in [7, 11) is -3.89. The lowest BCUT2D eigenvalue weighted by atomic mass is 10.2. The van der Waals surface area contributed by atoms with Crippen molar-refractivity contribution < 1.29 is 23.2 Å². The van der Waals surface area contributed by atoms with Crippen LogP contribution in [-0.4, -0.2) is 24.4 Å². The smallest absolute Gasteiger partial charge is 0.335 e. The van der Waals surface area contributed by atoms with Crippen molar-refractivity contribution in [2.45, 2.75) is 10.6 Å². The highest BCUT2D eigenvalue weighted by Crippen LogP contribution is 2.24. The summed E-state index contributed by atoms with van der Waals surface area (Å²) in [5.41, 5.74) is -0.516. The number of nitrogens with zero attached hydrogens (tertiary/aromatic N) is 1. The highest BCUT2D eigenvalue weighted by atomic mass is 32.2. The van der Waals surface area contributed by atoms with Gasteiger partial charge in [0.2, 0.25) is 0 Å². The van der Waals surface area contributed by atoms with Gasteiger partial charge in [0, 0.05) is 12.1 Å². The minimum absolute atomic E-state index is 0.367. The third-order valence-electron chi connectivity index (χ3n) is 2.91. The number of nitro groups is 1. The molecule has 1 N–H and O–H groups in total. The van der Waals surface area contributed by atoms with E-state index in [4.69, 9.17) is 5.11 Å². The number of hydrogen-bond acceptors (Lipinski definition) is 5. The summed E-state index contributed by atoms with van der Waals surface area (Å²) in [4.78, 5) is 20.6. The lowest BCUT2D eigenvalue weighted by Crippen LogP contribution is -2.08. The van der Waals surface area contributed by atoms with Gasteiger partial charge in [0.15, 0.2) is 9.84 Å². The van der Waals surface area contributed by atoms with Crippen molar-refractivity contribution in [1.82, 2.24) is 0 Å². The number of hydrogen-bond donors (Lipinski definition) is 1. The van der Waals surface area contributed by atoms with Gasteiger partial charge in [-0.15, -0.1) is 0 Å². The maximum absolute atomic E-state index is 12.3. The van der Waals surface area contributed by atoms with Crippen molar-refractivity contribution in [1.29, 1.82) is 0 Å². The van der Waals surface area contributed by atoms with Crippen LogP contribution in [0.15, 0.2) is 53.4 Å². The van der Waals surface area contributed by atoms with Crippen molar-refractivity contribution in [2.24, 2.45) is 0 Å². The van der Waals surface area contributed by atoms with E-state index in [1.807, 2.05) is 0 Å². The molecule has 0 radical (unpaired) electrons. The second kappa shape index (κ2) is 5.94. The van der Waals surface area contributed by atoms with E-state index in [-0.39, 0.29) is 10.6 Å². The van der Waals surface area contributed by atoms with Crippen LogP contribution in [0.1, 0.15) is 15.9 Å². The van der Waals surface area contributed by atoms with Gasteiger partial charge in [0.1, 0.15) is 0 Å². The fraction of sp³-hybridized carbons (Fsp3) is 0.0714. The Bertz CT molecular complexity index is 797. The molecule has 114 valence electrons. The van der Waals surface area contributed by atoms with Crippen LogP contribution in [0.5, 0.6) is 0 Å². The molecular weight excluding hydrogens is 310 g/mol. The van der Waals surface area contributed by atoms with Gasteiger partial charge < -0.3 is 5.11 Å². The fourth-order valence-electron chi connectivity index (χ4n) is 1.87. The second-order valence-corrected chi connectivity index (χ2v) is 6.51. The van der Waals surface area contributed by atoms with E-state index in [9.17, 15) is 23.3 Å². The number of carboxylic acids is 1. The monoisotopic (exact) mass is 321 g/mol. The molecule has 22 heavy (non-hydrogen) atoms. The molecule has 0 aliphatic rings. The first-order valence-electron chi connectivity index (χ1n) is 6.09. The van der Waals surface area contributed by atoms with Gasteiger partial charge in [-0.1, -0.05) is 30.3 Å². The normalized spacial score (nSPS) is 11.1. The standard InChI is InChI=1S/C14H11NO6S/c16-14(17)11-6-12(15(18)19)8-13(7-11)22(20,21)9-10-4-2-1-3-5-10/h1-8H,9H2,(H,16,17). The number of sulfone groups is 1. The molecule has 0 saturated heterocycles. The van der Waals surface area contributed by atoms with Gasteiger partial charge in [-0.2, -0.15) is 0 Å². The second-order valence-electron chi connectivity index (χ2n) is 4.52. The highest BCUT2D eigenvalue weighted by Gasteiger charge is 2.22. The van der Waals surface area contributed by atoms with Crippen molar-refractivity contribution in [3.63, 3.8) is 0 Å². The van der Waals surface area contributed by atoms with Crippen LogP contribution in [-0.2, 0) is 15.6 Å². The summed E-state index contributed by atoms with van der Waals surface area (Å²) in [6, 6.07) is 10.9. The highest BCUT2D eigenvalue weighted by molar-refractivity contribution is 7.90. The topological polar surface area (TPSA) is 115 Å². The molecule has 0 heterocycles. The molecule has 2 aromatic carbocycles. The van der Waals surface area contributed by atoms with Crippen LogP contribution in [0.25, 0.3) is 0 Å². The molecule has 0 spiro atoms. The third kappa shape index (κ3) is 3.47. The summed E-state index contributed by atoms with van der Waals surface area (Å²) in [5.74, 6) is -1.80. The molecule has 0 atom stereocenters.